The van der Waals surface area contributed by atoms with Crippen LogP contribution in [0.25, 0.3) is 0 Å². The molecule has 0 atom stereocenters. The van der Waals surface area contributed by atoms with Crippen LogP contribution < -0.4 is 5.32 Å². The lowest BCUT2D eigenvalue weighted by Gasteiger charge is -2.19. The molecule has 2 aliphatic rings. The van der Waals surface area contributed by atoms with E-state index in [0.717, 1.165) is 6.42 Å². The third-order valence-corrected chi connectivity index (χ3v) is 5.53. The summed E-state index contributed by atoms with van der Waals surface area (Å²) in [6.07, 6.45) is 4.66. The molecular formula is C12H20N4O3S. The van der Waals surface area contributed by atoms with E-state index in [9.17, 15) is 8.42 Å². The molecule has 112 valence electrons. The number of nitrogens with one attached hydrogen (secondary N) is 2. The lowest BCUT2D eigenvalue weighted by atomic mass is 10.3. The molecule has 3 rings (SSSR count). The van der Waals surface area contributed by atoms with Crippen LogP contribution in [0.1, 0.15) is 24.8 Å². The average molecular weight is 300 g/mol. The second-order valence-corrected chi connectivity index (χ2v) is 7.12. The fraction of sp³-hybridized carbons (Fsp3) is 0.750. The highest BCUT2D eigenvalue weighted by atomic mass is 32.2. The van der Waals surface area contributed by atoms with Crippen LogP contribution in [0.5, 0.6) is 0 Å². The Labute approximate surface area is 118 Å². The van der Waals surface area contributed by atoms with Gasteiger partial charge in [0.15, 0.2) is 5.03 Å². The molecular weight excluding hydrogens is 280 g/mol. The van der Waals surface area contributed by atoms with E-state index in [0.29, 0.717) is 44.5 Å². The van der Waals surface area contributed by atoms with E-state index in [1.165, 1.54) is 17.1 Å². The molecule has 0 amide bonds. The monoisotopic (exact) mass is 300 g/mol. The number of aromatic amines is 1. The SMILES string of the molecule is O=S(=O)(c1[nH]ncc1CNC1CC1)N1CCCOCC1. The molecule has 20 heavy (non-hydrogen) atoms. The second kappa shape index (κ2) is 5.80. The van der Waals surface area contributed by atoms with Crippen LogP contribution in [0.15, 0.2) is 11.2 Å². The number of nitrogens with zero attached hydrogens (tertiary/aromatic N) is 2. The molecule has 0 unspecified atom stereocenters. The van der Waals surface area contributed by atoms with Gasteiger partial charge < -0.3 is 10.1 Å². The van der Waals surface area contributed by atoms with Crippen LogP contribution in [0.3, 0.4) is 0 Å². The second-order valence-electron chi connectivity index (χ2n) is 5.25. The van der Waals surface area contributed by atoms with Gasteiger partial charge in [0.2, 0.25) is 0 Å². The summed E-state index contributed by atoms with van der Waals surface area (Å²) in [5.41, 5.74) is 0.710. The van der Waals surface area contributed by atoms with Gasteiger partial charge in [-0.3, -0.25) is 5.10 Å². The van der Waals surface area contributed by atoms with Gasteiger partial charge in [0.05, 0.1) is 12.8 Å². The molecule has 0 bridgehead atoms. The van der Waals surface area contributed by atoms with Gasteiger partial charge in [-0.15, -0.1) is 0 Å². The van der Waals surface area contributed by atoms with E-state index in [1.807, 2.05) is 0 Å². The zero-order chi connectivity index (χ0) is 14.0. The lowest BCUT2D eigenvalue weighted by Crippen LogP contribution is -2.34. The van der Waals surface area contributed by atoms with Gasteiger partial charge in [0, 0.05) is 37.8 Å². The highest BCUT2D eigenvalue weighted by Gasteiger charge is 2.30. The van der Waals surface area contributed by atoms with Gasteiger partial charge in [-0.25, -0.2) is 8.42 Å². The van der Waals surface area contributed by atoms with E-state index < -0.39 is 10.0 Å². The van der Waals surface area contributed by atoms with E-state index >= 15 is 0 Å². The minimum Gasteiger partial charge on any atom is -0.380 e. The normalized spacial score (nSPS) is 21.8. The Balaban J connectivity index is 1.76. The summed E-state index contributed by atoms with van der Waals surface area (Å²) in [7, 11) is -3.50. The fourth-order valence-electron chi connectivity index (χ4n) is 2.28. The molecule has 0 aromatic carbocycles. The summed E-state index contributed by atoms with van der Waals surface area (Å²) in [5, 5.41) is 10.1. The molecule has 1 saturated carbocycles. The Hall–Kier alpha value is -0.960. The Kier molecular flexibility index (Phi) is 4.06. The van der Waals surface area contributed by atoms with Gasteiger partial charge in [-0.2, -0.15) is 9.40 Å². The van der Waals surface area contributed by atoms with E-state index in [2.05, 4.69) is 15.5 Å². The molecule has 2 heterocycles. The van der Waals surface area contributed by atoms with Crippen molar-refractivity contribution in [2.75, 3.05) is 26.3 Å². The molecule has 0 spiro atoms. The molecule has 1 saturated heterocycles. The van der Waals surface area contributed by atoms with E-state index in [1.54, 1.807) is 6.20 Å². The van der Waals surface area contributed by atoms with Crippen molar-refractivity contribution in [3.05, 3.63) is 11.8 Å². The summed E-state index contributed by atoms with van der Waals surface area (Å²) in [6, 6.07) is 0.534. The van der Waals surface area contributed by atoms with Gasteiger partial charge >= 0.3 is 0 Å². The third-order valence-electron chi connectivity index (χ3n) is 3.62. The smallest absolute Gasteiger partial charge is 0.260 e. The molecule has 8 heteroatoms. The average Bonchev–Trinajstić information content (AvgIpc) is 3.19. The standard InChI is InChI=1S/C12H20N4O3S/c17-20(18,16-4-1-6-19-7-5-16)12-10(9-14-15-12)8-13-11-2-3-11/h9,11,13H,1-8H2,(H,14,15). The maximum atomic E-state index is 12.7. The first-order valence-corrected chi connectivity index (χ1v) is 8.45. The van der Waals surface area contributed by atoms with Crippen molar-refractivity contribution in [1.29, 1.82) is 0 Å². The van der Waals surface area contributed by atoms with Crippen LogP contribution in [0, 0.1) is 0 Å². The van der Waals surface area contributed by atoms with Crippen LogP contribution >= 0.6 is 0 Å². The highest BCUT2D eigenvalue weighted by Crippen LogP contribution is 2.22. The number of ether oxygens (including phenoxy) is 1. The summed E-state index contributed by atoms with van der Waals surface area (Å²) in [6.45, 7) is 2.50. The summed E-state index contributed by atoms with van der Waals surface area (Å²) in [4.78, 5) is 0. The first kappa shape index (κ1) is 14.0. The Morgan fingerprint density at radius 1 is 1.40 bits per heavy atom. The largest absolute Gasteiger partial charge is 0.380 e. The fourth-order valence-corrected chi connectivity index (χ4v) is 3.85. The van der Waals surface area contributed by atoms with Gasteiger partial charge in [0.1, 0.15) is 0 Å². The van der Waals surface area contributed by atoms with Gasteiger partial charge in [-0.1, -0.05) is 0 Å². The predicted octanol–water partition coefficient (Wildman–Crippen LogP) is 0.0727. The minimum absolute atomic E-state index is 0.215. The number of hydrogen-bond acceptors (Lipinski definition) is 5. The number of aromatic nitrogens is 2. The topological polar surface area (TPSA) is 87.3 Å². The molecule has 7 nitrogen and oxygen atoms in total. The minimum atomic E-state index is -3.50. The van der Waals surface area contributed by atoms with Crippen molar-refractivity contribution >= 4 is 10.0 Å². The molecule has 1 aliphatic carbocycles. The van der Waals surface area contributed by atoms with Crippen LogP contribution in [-0.4, -0.2) is 55.3 Å². The molecule has 1 aromatic heterocycles. The number of H-pyrrole nitrogens is 1. The zero-order valence-corrected chi connectivity index (χ0v) is 12.2. The molecule has 2 fully saturated rings. The first-order chi connectivity index (χ1) is 9.68. The quantitative estimate of drug-likeness (QED) is 0.804. The Morgan fingerprint density at radius 3 is 3.05 bits per heavy atom. The van der Waals surface area contributed by atoms with Crippen molar-refractivity contribution in [3.63, 3.8) is 0 Å². The van der Waals surface area contributed by atoms with Gasteiger partial charge in [-0.05, 0) is 19.3 Å². The molecule has 0 radical (unpaired) electrons. The van der Waals surface area contributed by atoms with Crippen LogP contribution in [-0.2, 0) is 21.3 Å². The molecule has 1 aliphatic heterocycles. The van der Waals surface area contributed by atoms with E-state index in [-0.39, 0.29) is 5.03 Å². The number of rotatable bonds is 5. The summed E-state index contributed by atoms with van der Waals surface area (Å²) in [5.74, 6) is 0. The highest BCUT2D eigenvalue weighted by molar-refractivity contribution is 7.89. The predicted molar refractivity (Wildman–Crippen MR) is 72.6 cm³/mol. The van der Waals surface area contributed by atoms with Crippen LogP contribution in [0.2, 0.25) is 0 Å². The van der Waals surface area contributed by atoms with E-state index in [4.69, 9.17) is 4.74 Å². The zero-order valence-electron chi connectivity index (χ0n) is 11.3. The van der Waals surface area contributed by atoms with Crippen molar-refractivity contribution in [1.82, 2.24) is 19.8 Å². The number of hydrogen-bond donors (Lipinski definition) is 2. The third kappa shape index (κ3) is 3.03. The van der Waals surface area contributed by atoms with Crippen molar-refractivity contribution in [3.8, 4) is 0 Å². The Morgan fingerprint density at radius 2 is 2.25 bits per heavy atom. The maximum Gasteiger partial charge on any atom is 0.260 e. The maximum absolute atomic E-state index is 12.7. The Bertz CT molecular complexity index is 545. The summed E-state index contributed by atoms with van der Waals surface area (Å²) >= 11 is 0. The lowest BCUT2D eigenvalue weighted by molar-refractivity contribution is 0.148. The van der Waals surface area contributed by atoms with Gasteiger partial charge in [0.25, 0.3) is 10.0 Å². The van der Waals surface area contributed by atoms with Crippen molar-refractivity contribution < 1.29 is 13.2 Å². The van der Waals surface area contributed by atoms with Crippen LogP contribution in [0.4, 0.5) is 0 Å². The molecule has 2 N–H and O–H groups in total. The summed E-state index contributed by atoms with van der Waals surface area (Å²) < 4.78 is 32.1. The van der Waals surface area contributed by atoms with Crippen molar-refractivity contribution in [2.45, 2.75) is 36.9 Å². The number of sulfonamides is 1. The van der Waals surface area contributed by atoms with Crippen molar-refractivity contribution in [2.24, 2.45) is 0 Å². The molecule has 1 aromatic rings. The first-order valence-electron chi connectivity index (χ1n) is 7.01.